The summed E-state index contributed by atoms with van der Waals surface area (Å²) in [4.78, 5) is 10.3. The molecule has 69 heavy (non-hydrogen) atoms. The summed E-state index contributed by atoms with van der Waals surface area (Å²) >= 11 is 0. The summed E-state index contributed by atoms with van der Waals surface area (Å²) in [6.07, 6.45) is 0. The highest BCUT2D eigenvalue weighted by Crippen LogP contribution is 2.64. The Morgan fingerprint density at radius 2 is 0.913 bits per heavy atom. The summed E-state index contributed by atoms with van der Waals surface area (Å²) in [6.45, 7) is 0. The lowest BCUT2D eigenvalue weighted by atomic mass is 9.70. The Balaban J connectivity index is 0.925. The van der Waals surface area contributed by atoms with Crippen LogP contribution in [0, 0.1) is 0 Å². The smallest absolute Gasteiger partial charge is 0.180 e. The molecule has 4 heteroatoms. The minimum atomic E-state index is -0.539. The van der Waals surface area contributed by atoms with Gasteiger partial charge in [0.1, 0.15) is 28.0 Å². The Kier molecular flexibility index (Phi) is 7.24. The van der Waals surface area contributed by atoms with Crippen molar-refractivity contribution in [1.82, 2.24) is 9.97 Å². The summed E-state index contributed by atoms with van der Waals surface area (Å²) in [5.74, 6) is 0.672. The largest absolute Gasteiger partial charge is 0.456 e. The predicted octanol–water partition coefficient (Wildman–Crippen LogP) is 17.0. The molecule has 0 N–H and O–H groups in total. The molecule has 16 rings (SSSR count). The van der Waals surface area contributed by atoms with Gasteiger partial charge in [-0.25, -0.2) is 9.97 Å². The highest BCUT2D eigenvalue weighted by Gasteiger charge is 2.52. The lowest BCUT2D eigenvalue weighted by Crippen LogP contribution is -2.25. The average Bonchev–Trinajstić information content (AvgIpc) is 4.16. The van der Waals surface area contributed by atoms with Crippen molar-refractivity contribution in [3.8, 4) is 67.2 Å². The second-order valence-electron chi connectivity index (χ2n) is 18.7. The fraction of sp³-hybridized carbons (Fsp3) is 0.0154. The maximum Gasteiger partial charge on any atom is 0.180 e. The van der Waals surface area contributed by atoms with E-state index in [4.69, 9.17) is 18.8 Å². The van der Waals surface area contributed by atoms with E-state index >= 15 is 0 Å². The van der Waals surface area contributed by atoms with Gasteiger partial charge in [0, 0.05) is 27.3 Å². The molecule has 318 valence electrons. The van der Waals surface area contributed by atoms with E-state index < -0.39 is 5.41 Å². The number of hydrogen-bond donors (Lipinski definition) is 0. The highest BCUT2D eigenvalue weighted by molar-refractivity contribution is 6.33. The SMILES string of the molecule is c1ccc(-c2nc(-c3ccccc3)c3oc4cc(-c5ccc6c(c5)C5(c7ccccc7-c7ccccc75)c5cccc(-c7ccc8c(c7)c7cccc9oc%10cccc8c%10c97)c5-6)ccc4c3n2)cc1. The quantitative estimate of drug-likeness (QED) is 0.165. The van der Waals surface area contributed by atoms with E-state index in [-0.39, 0.29) is 0 Å². The molecule has 3 heterocycles. The van der Waals surface area contributed by atoms with Crippen LogP contribution in [-0.2, 0) is 5.41 Å². The van der Waals surface area contributed by atoms with Crippen LogP contribution >= 0.6 is 0 Å². The van der Waals surface area contributed by atoms with Gasteiger partial charge in [-0.05, 0) is 125 Å². The minimum Gasteiger partial charge on any atom is -0.456 e. The summed E-state index contributed by atoms with van der Waals surface area (Å²) < 4.78 is 13.3. The van der Waals surface area contributed by atoms with Crippen LogP contribution < -0.4 is 0 Å². The Labute approximate surface area is 395 Å². The average molecular weight is 877 g/mol. The Hall–Kier alpha value is -9.12. The normalized spacial score (nSPS) is 13.3. The first-order valence-corrected chi connectivity index (χ1v) is 23.6. The molecule has 4 nitrogen and oxygen atoms in total. The van der Waals surface area contributed by atoms with Crippen molar-refractivity contribution in [3.63, 3.8) is 0 Å². The van der Waals surface area contributed by atoms with Crippen molar-refractivity contribution >= 4 is 65.6 Å². The van der Waals surface area contributed by atoms with Gasteiger partial charge in [0.25, 0.3) is 0 Å². The molecule has 0 aliphatic heterocycles. The van der Waals surface area contributed by atoms with Gasteiger partial charge in [-0.15, -0.1) is 0 Å². The Morgan fingerprint density at radius 1 is 0.319 bits per heavy atom. The minimum absolute atomic E-state index is 0.539. The molecule has 3 aromatic heterocycles. The van der Waals surface area contributed by atoms with Gasteiger partial charge in [0.15, 0.2) is 11.4 Å². The van der Waals surface area contributed by atoms with Crippen molar-refractivity contribution in [2.45, 2.75) is 5.41 Å². The lowest BCUT2D eigenvalue weighted by molar-refractivity contribution is 0.667. The molecule has 0 saturated carbocycles. The second-order valence-corrected chi connectivity index (χ2v) is 18.7. The van der Waals surface area contributed by atoms with Crippen molar-refractivity contribution in [1.29, 1.82) is 0 Å². The van der Waals surface area contributed by atoms with Crippen LogP contribution in [-0.4, -0.2) is 9.97 Å². The number of aromatic nitrogens is 2. The molecule has 2 aliphatic carbocycles. The van der Waals surface area contributed by atoms with Gasteiger partial charge >= 0.3 is 0 Å². The first-order valence-electron chi connectivity index (χ1n) is 23.6. The summed E-state index contributed by atoms with van der Waals surface area (Å²) in [7, 11) is 0. The van der Waals surface area contributed by atoms with Crippen molar-refractivity contribution in [2.75, 3.05) is 0 Å². The molecule has 0 radical (unpaired) electrons. The summed E-state index contributed by atoms with van der Waals surface area (Å²) in [6, 6.07) is 79.2. The molecule has 0 unspecified atom stereocenters. The second kappa shape index (κ2) is 13.5. The monoisotopic (exact) mass is 876 g/mol. The first kappa shape index (κ1) is 37.0. The molecule has 0 atom stereocenters. The van der Waals surface area contributed by atoms with Crippen LogP contribution in [0.25, 0.3) is 133 Å². The van der Waals surface area contributed by atoms with Gasteiger partial charge < -0.3 is 8.83 Å². The lowest BCUT2D eigenvalue weighted by Gasteiger charge is -2.31. The molecule has 2 aliphatic rings. The number of benzene rings is 11. The van der Waals surface area contributed by atoms with Crippen LogP contribution in [0.4, 0.5) is 0 Å². The van der Waals surface area contributed by atoms with Gasteiger partial charge in [-0.3, -0.25) is 0 Å². The van der Waals surface area contributed by atoms with Crippen LogP contribution in [0.1, 0.15) is 22.3 Å². The van der Waals surface area contributed by atoms with E-state index in [1.54, 1.807) is 0 Å². The van der Waals surface area contributed by atoms with E-state index in [2.05, 4.69) is 182 Å². The fourth-order valence-electron chi connectivity index (χ4n) is 12.4. The van der Waals surface area contributed by atoms with Crippen molar-refractivity contribution < 1.29 is 8.83 Å². The third kappa shape index (κ3) is 4.87. The van der Waals surface area contributed by atoms with Gasteiger partial charge in [0.2, 0.25) is 0 Å². The highest BCUT2D eigenvalue weighted by atomic mass is 16.3. The van der Waals surface area contributed by atoms with Crippen molar-refractivity contribution in [3.05, 3.63) is 241 Å². The topological polar surface area (TPSA) is 52.1 Å². The van der Waals surface area contributed by atoms with Crippen molar-refractivity contribution in [2.24, 2.45) is 0 Å². The molecular formula is C65H36N2O2. The maximum absolute atomic E-state index is 6.84. The van der Waals surface area contributed by atoms with Gasteiger partial charge in [-0.2, -0.15) is 0 Å². The third-order valence-corrected chi connectivity index (χ3v) is 15.3. The first-order chi connectivity index (χ1) is 34.2. The summed E-state index contributed by atoms with van der Waals surface area (Å²) in [5.41, 5.74) is 21.2. The third-order valence-electron chi connectivity index (χ3n) is 15.3. The molecule has 0 fully saturated rings. The van der Waals surface area contributed by atoms with E-state index in [0.29, 0.717) is 11.4 Å². The zero-order valence-corrected chi connectivity index (χ0v) is 37.0. The number of furan rings is 2. The van der Waals surface area contributed by atoms with Crippen LogP contribution in [0.5, 0.6) is 0 Å². The molecule has 0 bridgehead atoms. The molecular weight excluding hydrogens is 841 g/mol. The molecule has 1 spiro atoms. The maximum atomic E-state index is 6.84. The predicted molar refractivity (Wildman–Crippen MR) is 281 cm³/mol. The van der Waals surface area contributed by atoms with Crippen LogP contribution in [0.15, 0.2) is 227 Å². The van der Waals surface area contributed by atoms with E-state index in [0.717, 1.165) is 55.6 Å². The van der Waals surface area contributed by atoms with E-state index in [9.17, 15) is 0 Å². The van der Waals surface area contributed by atoms with Crippen LogP contribution in [0.3, 0.4) is 0 Å². The molecule has 11 aromatic carbocycles. The number of hydrogen-bond acceptors (Lipinski definition) is 4. The Morgan fingerprint density at radius 3 is 1.67 bits per heavy atom. The number of nitrogens with zero attached hydrogens (tertiary/aromatic N) is 2. The van der Waals surface area contributed by atoms with Gasteiger partial charge in [-0.1, -0.05) is 182 Å². The van der Waals surface area contributed by atoms with E-state index in [1.165, 1.54) is 88.0 Å². The molecule has 0 saturated heterocycles. The number of rotatable bonds is 4. The zero-order valence-electron chi connectivity index (χ0n) is 37.0. The zero-order chi connectivity index (χ0) is 45.0. The molecule has 0 amide bonds. The Bertz CT molecular complexity index is 4440. The van der Waals surface area contributed by atoms with E-state index in [1.807, 2.05) is 36.4 Å². The van der Waals surface area contributed by atoms with Crippen LogP contribution in [0.2, 0.25) is 0 Å². The fourth-order valence-corrected chi connectivity index (χ4v) is 12.4. The standard InChI is InChI=1S/C65H36N2O2/c1-3-14-37(15-4-1)61-63-62(67-64(66-61)38-16-5-2-6-17-38)49-33-29-40(36-57(49)69-63)39-28-32-48-54(35-39)65(51-23-9-7-18-44(51)45-19-8-10-24-52(45)65)53-25-11-20-42(58(48)53)41-30-31-43-46-21-12-26-55-59(46)60-47(50(43)34-41)22-13-27-56(60)68-55/h1-36H. The molecule has 14 aromatic rings. The summed E-state index contributed by atoms with van der Waals surface area (Å²) in [5, 5.41) is 8.27. The number of fused-ring (bicyclic) bond motifs is 16. The van der Waals surface area contributed by atoms with Gasteiger partial charge in [0.05, 0.1) is 5.41 Å².